The maximum absolute atomic E-state index is 12.7. The van der Waals surface area contributed by atoms with Crippen molar-refractivity contribution < 1.29 is 9.59 Å². The molecule has 0 aliphatic carbocycles. The van der Waals surface area contributed by atoms with E-state index >= 15 is 0 Å². The second-order valence-electron chi connectivity index (χ2n) is 8.92. The van der Waals surface area contributed by atoms with Crippen molar-refractivity contribution in [2.24, 2.45) is 0 Å². The number of para-hydroxylation sites is 1. The topological polar surface area (TPSA) is 76.0 Å². The normalized spacial score (nSPS) is 11.6. The summed E-state index contributed by atoms with van der Waals surface area (Å²) in [5.41, 5.74) is 3.87. The third-order valence-electron chi connectivity index (χ3n) is 5.97. The number of nitrogens with zero attached hydrogens (tertiary/aromatic N) is 2. The molecular formula is C30H32N4O2. The van der Waals surface area contributed by atoms with Crippen molar-refractivity contribution in [3.63, 3.8) is 0 Å². The van der Waals surface area contributed by atoms with Gasteiger partial charge in [0.15, 0.2) is 0 Å². The average molecular weight is 481 g/mol. The molecule has 0 aliphatic heterocycles. The van der Waals surface area contributed by atoms with Gasteiger partial charge in [-0.2, -0.15) is 5.10 Å². The highest BCUT2D eigenvalue weighted by atomic mass is 16.2. The van der Waals surface area contributed by atoms with Gasteiger partial charge in [0.2, 0.25) is 11.8 Å². The van der Waals surface area contributed by atoms with Crippen LogP contribution in [0.15, 0.2) is 97.1 Å². The number of anilines is 1. The zero-order chi connectivity index (χ0) is 25.2. The first-order chi connectivity index (χ1) is 17.6. The minimum atomic E-state index is -0.142. The van der Waals surface area contributed by atoms with Crippen LogP contribution in [0, 0.1) is 0 Å². The Bertz CT molecular complexity index is 1250. The molecule has 0 saturated heterocycles. The number of amides is 2. The van der Waals surface area contributed by atoms with Gasteiger partial charge in [0.25, 0.3) is 0 Å². The third kappa shape index (κ3) is 7.15. The molecule has 3 aromatic carbocycles. The van der Waals surface area contributed by atoms with Crippen molar-refractivity contribution in [2.75, 3.05) is 5.32 Å². The van der Waals surface area contributed by atoms with E-state index in [1.165, 1.54) is 5.56 Å². The second kappa shape index (κ2) is 12.5. The van der Waals surface area contributed by atoms with Gasteiger partial charge in [-0.1, -0.05) is 78.9 Å². The van der Waals surface area contributed by atoms with Crippen LogP contribution >= 0.6 is 0 Å². The fourth-order valence-electron chi connectivity index (χ4n) is 4.05. The molecule has 0 spiro atoms. The number of aryl methyl sites for hydroxylation is 1. The molecule has 0 bridgehead atoms. The Hall–Kier alpha value is -4.19. The van der Waals surface area contributed by atoms with Crippen LogP contribution in [-0.2, 0) is 16.0 Å². The Balaban J connectivity index is 1.29. The fraction of sp³-hybridized carbons (Fsp3) is 0.233. The second-order valence-corrected chi connectivity index (χ2v) is 8.92. The van der Waals surface area contributed by atoms with Crippen LogP contribution in [0.25, 0.3) is 16.9 Å². The highest BCUT2D eigenvalue weighted by molar-refractivity contribution is 5.91. The number of carbonyl (C=O) groups is 2. The first-order valence-corrected chi connectivity index (χ1v) is 12.4. The van der Waals surface area contributed by atoms with Crippen molar-refractivity contribution in [2.45, 2.75) is 45.1 Å². The molecule has 6 nitrogen and oxygen atoms in total. The summed E-state index contributed by atoms with van der Waals surface area (Å²) < 4.78 is 1.74. The van der Waals surface area contributed by atoms with Gasteiger partial charge in [0.05, 0.1) is 11.4 Å². The Morgan fingerprint density at radius 1 is 0.833 bits per heavy atom. The van der Waals surface area contributed by atoms with Gasteiger partial charge < -0.3 is 10.6 Å². The van der Waals surface area contributed by atoms with Crippen LogP contribution in [-0.4, -0.2) is 27.6 Å². The minimum Gasteiger partial charge on any atom is -0.354 e. The van der Waals surface area contributed by atoms with E-state index in [1.807, 2.05) is 91.9 Å². The lowest BCUT2D eigenvalue weighted by molar-refractivity contribution is -0.122. The van der Waals surface area contributed by atoms with Crippen LogP contribution < -0.4 is 10.6 Å². The number of carbonyl (C=O) groups excluding carboxylic acids is 2. The van der Waals surface area contributed by atoms with E-state index in [9.17, 15) is 9.59 Å². The van der Waals surface area contributed by atoms with Gasteiger partial charge in [-0.25, -0.2) is 4.68 Å². The standard InChI is InChI=1S/C30H32N4O2/c1-23(20-21-24-12-5-2-6-13-24)31-29(35)18-11-19-30(36)32-28-22-27(25-14-7-3-8-15-25)33-34(28)26-16-9-4-10-17-26/h2-10,12-17,22-23H,11,18-21H2,1H3,(H,31,35)(H,32,36). The highest BCUT2D eigenvalue weighted by Crippen LogP contribution is 2.25. The van der Waals surface area contributed by atoms with E-state index < -0.39 is 0 Å². The zero-order valence-corrected chi connectivity index (χ0v) is 20.6. The molecule has 0 fully saturated rings. The summed E-state index contributed by atoms with van der Waals surface area (Å²) in [7, 11) is 0. The van der Waals surface area contributed by atoms with Gasteiger partial charge >= 0.3 is 0 Å². The summed E-state index contributed by atoms with van der Waals surface area (Å²) in [5.74, 6) is 0.435. The fourth-order valence-corrected chi connectivity index (χ4v) is 4.05. The first-order valence-electron chi connectivity index (χ1n) is 12.4. The quantitative estimate of drug-likeness (QED) is 0.285. The molecule has 0 radical (unpaired) electrons. The molecule has 1 atom stereocenters. The predicted molar refractivity (Wildman–Crippen MR) is 144 cm³/mol. The lowest BCUT2D eigenvalue weighted by atomic mass is 10.1. The van der Waals surface area contributed by atoms with Gasteiger partial charge in [-0.05, 0) is 43.9 Å². The van der Waals surface area contributed by atoms with Crippen LogP contribution in [0.5, 0.6) is 0 Å². The van der Waals surface area contributed by atoms with Crippen LogP contribution in [0.4, 0.5) is 5.82 Å². The van der Waals surface area contributed by atoms with E-state index in [2.05, 4.69) is 22.8 Å². The minimum absolute atomic E-state index is 0.0240. The number of hydrogen-bond donors (Lipinski definition) is 2. The lowest BCUT2D eigenvalue weighted by Gasteiger charge is -2.14. The molecule has 1 aromatic heterocycles. The Morgan fingerprint density at radius 2 is 1.44 bits per heavy atom. The zero-order valence-electron chi connectivity index (χ0n) is 20.6. The highest BCUT2D eigenvalue weighted by Gasteiger charge is 2.14. The molecule has 0 aliphatic rings. The van der Waals surface area contributed by atoms with Crippen LogP contribution in [0.3, 0.4) is 0 Å². The number of hydrogen-bond acceptors (Lipinski definition) is 3. The summed E-state index contributed by atoms with van der Waals surface area (Å²) in [6, 6.07) is 31.8. The summed E-state index contributed by atoms with van der Waals surface area (Å²) in [5, 5.41) is 10.7. The summed E-state index contributed by atoms with van der Waals surface area (Å²) >= 11 is 0. The van der Waals surface area contributed by atoms with Crippen LogP contribution in [0.1, 0.15) is 38.2 Å². The molecule has 1 unspecified atom stereocenters. The Labute approximate surface area is 212 Å². The van der Waals surface area contributed by atoms with Gasteiger partial charge in [0.1, 0.15) is 5.82 Å². The SMILES string of the molecule is CC(CCc1ccccc1)NC(=O)CCCC(=O)Nc1cc(-c2ccccc2)nn1-c1ccccc1. The number of benzene rings is 3. The smallest absolute Gasteiger partial charge is 0.225 e. The molecule has 4 rings (SSSR count). The van der Waals surface area contributed by atoms with Gasteiger partial charge in [0, 0.05) is 30.5 Å². The summed E-state index contributed by atoms with van der Waals surface area (Å²) in [4.78, 5) is 25.1. The Kier molecular flexibility index (Phi) is 8.65. The lowest BCUT2D eigenvalue weighted by Crippen LogP contribution is -2.32. The molecule has 4 aromatic rings. The van der Waals surface area contributed by atoms with Crippen molar-refractivity contribution in [1.29, 1.82) is 0 Å². The van der Waals surface area contributed by atoms with E-state index in [0.717, 1.165) is 29.8 Å². The van der Waals surface area contributed by atoms with Crippen LogP contribution in [0.2, 0.25) is 0 Å². The number of nitrogens with one attached hydrogen (secondary N) is 2. The molecule has 184 valence electrons. The average Bonchev–Trinajstić information content (AvgIpc) is 3.32. The van der Waals surface area contributed by atoms with Crippen molar-refractivity contribution >= 4 is 17.6 Å². The third-order valence-corrected chi connectivity index (χ3v) is 5.97. The largest absolute Gasteiger partial charge is 0.354 e. The molecule has 2 N–H and O–H groups in total. The Morgan fingerprint density at radius 3 is 2.14 bits per heavy atom. The van der Waals surface area contributed by atoms with Gasteiger partial charge in [-0.3, -0.25) is 9.59 Å². The molecule has 6 heteroatoms. The molecular weight excluding hydrogens is 448 g/mol. The maximum Gasteiger partial charge on any atom is 0.225 e. The summed E-state index contributed by atoms with van der Waals surface area (Å²) in [6.45, 7) is 2.02. The maximum atomic E-state index is 12.7. The van der Waals surface area contributed by atoms with Crippen molar-refractivity contribution in [3.05, 3.63) is 103 Å². The van der Waals surface area contributed by atoms with E-state index in [1.54, 1.807) is 4.68 Å². The molecule has 2 amide bonds. The van der Waals surface area contributed by atoms with Gasteiger partial charge in [-0.15, -0.1) is 0 Å². The van der Waals surface area contributed by atoms with E-state index in [0.29, 0.717) is 18.7 Å². The van der Waals surface area contributed by atoms with Crippen molar-refractivity contribution in [3.8, 4) is 16.9 Å². The molecule has 36 heavy (non-hydrogen) atoms. The van der Waals surface area contributed by atoms with Crippen molar-refractivity contribution in [1.82, 2.24) is 15.1 Å². The van der Waals surface area contributed by atoms with E-state index in [4.69, 9.17) is 5.10 Å². The summed E-state index contributed by atoms with van der Waals surface area (Å²) in [6.07, 6.45) is 2.85. The number of aromatic nitrogens is 2. The predicted octanol–water partition coefficient (Wildman–Crippen LogP) is 5.79. The first kappa shape index (κ1) is 24.9. The molecule has 0 saturated carbocycles. The monoisotopic (exact) mass is 480 g/mol. The number of rotatable bonds is 11. The molecule has 1 heterocycles. The van der Waals surface area contributed by atoms with E-state index in [-0.39, 0.29) is 24.3 Å².